The third-order valence-electron chi connectivity index (χ3n) is 4.08. The summed E-state index contributed by atoms with van der Waals surface area (Å²) in [4.78, 5) is 0. The first-order valence-electron chi connectivity index (χ1n) is 7.43. The summed E-state index contributed by atoms with van der Waals surface area (Å²) in [6, 6.07) is 11.1. The van der Waals surface area contributed by atoms with Gasteiger partial charge in [-0.05, 0) is 48.9 Å². The molecule has 0 saturated heterocycles. The SMILES string of the molecule is CCC(C)(C)c1ccccc1O.Cc1ccc(Cl)c(C)c1O. The zero-order chi connectivity index (χ0) is 16.9. The van der Waals surface area contributed by atoms with Crippen molar-refractivity contribution in [2.45, 2.75) is 46.5 Å². The van der Waals surface area contributed by atoms with E-state index in [2.05, 4.69) is 20.8 Å². The molecule has 2 aromatic rings. The number of rotatable bonds is 2. The fraction of sp³-hybridized carbons (Fsp3) is 0.368. The Hall–Kier alpha value is -1.67. The van der Waals surface area contributed by atoms with E-state index in [0.29, 0.717) is 16.5 Å². The van der Waals surface area contributed by atoms with Gasteiger partial charge in [-0.3, -0.25) is 0 Å². The quantitative estimate of drug-likeness (QED) is 0.740. The molecule has 0 aliphatic heterocycles. The number of aromatic hydroxyl groups is 2. The fourth-order valence-electron chi connectivity index (χ4n) is 2.05. The Morgan fingerprint density at radius 3 is 2.09 bits per heavy atom. The third kappa shape index (κ3) is 4.41. The highest BCUT2D eigenvalue weighted by molar-refractivity contribution is 6.31. The van der Waals surface area contributed by atoms with E-state index in [-0.39, 0.29) is 5.41 Å². The minimum atomic E-state index is 0.0747. The Kier molecular flexibility index (Phi) is 6.31. The number of phenolic OH excluding ortho intramolecular Hbond substituents is 2. The van der Waals surface area contributed by atoms with E-state index in [0.717, 1.165) is 23.1 Å². The second-order valence-electron chi connectivity index (χ2n) is 6.09. The zero-order valence-electron chi connectivity index (χ0n) is 13.9. The van der Waals surface area contributed by atoms with E-state index in [1.807, 2.05) is 25.1 Å². The maximum Gasteiger partial charge on any atom is 0.122 e. The van der Waals surface area contributed by atoms with Crippen LogP contribution in [0.3, 0.4) is 0 Å². The number of benzene rings is 2. The Morgan fingerprint density at radius 2 is 1.59 bits per heavy atom. The lowest BCUT2D eigenvalue weighted by atomic mass is 9.82. The average molecular weight is 321 g/mol. The largest absolute Gasteiger partial charge is 0.508 e. The molecule has 0 aromatic heterocycles. The predicted octanol–water partition coefficient (Wildman–Crippen LogP) is 5.74. The molecule has 0 aliphatic carbocycles. The standard InChI is InChI=1S/C11H16O.C8H9ClO/c1-4-11(2,3)9-7-5-6-8-10(9)12;1-5-3-4-7(9)6(2)8(5)10/h5-8,12H,4H2,1-3H3;3-4,10H,1-2H3. The number of hydrogen-bond acceptors (Lipinski definition) is 2. The van der Waals surface area contributed by atoms with E-state index in [9.17, 15) is 10.2 Å². The van der Waals surface area contributed by atoms with Crippen molar-refractivity contribution in [3.8, 4) is 11.5 Å². The first-order valence-corrected chi connectivity index (χ1v) is 7.81. The van der Waals surface area contributed by atoms with Crippen molar-refractivity contribution in [2.75, 3.05) is 0 Å². The molecule has 0 bridgehead atoms. The molecular formula is C19H25ClO2. The van der Waals surface area contributed by atoms with Gasteiger partial charge in [0, 0.05) is 10.6 Å². The predicted molar refractivity (Wildman–Crippen MR) is 94.0 cm³/mol. The highest BCUT2D eigenvalue weighted by Crippen LogP contribution is 2.32. The van der Waals surface area contributed by atoms with Crippen LogP contribution in [-0.2, 0) is 5.41 Å². The summed E-state index contributed by atoms with van der Waals surface area (Å²) in [6.07, 6.45) is 1.03. The lowest BCUT2D eigenvalue weighted by Gasteiger charge is -2.23. The average Bonchev–Trinajstić information content (AvgIpc) is 2.50. The molecule has 0 aliphatic rings. The Bertz CT molecular complexity index is 606. The molecule has 2 nitrogen and oxygen atoms in total. The van der Waals surface area contributed by atoms with Crippen molar-refractivity contribution >= 4 is 11.6 Å². The van der Waals surface area contributed by atoms with Crippen LogP contribution in [0.5, 0.6) is 11.5 Å². The Balaban J connectivity index is 0.000000224. The molecule has 0 spiro atoms. The van der Waals surface area contributed by atoms with E-state index in [1.54, 1.807) is 25.1 Å². The zero-order valence-corrected chi connectivity index (χ0v) is 14.7. The normalized spacial score (nSPS) is 10.8. The van der Waals surface area contributed by atoms with Crippen molar-refractivity contribution in [1.29, 1.82) is 0 Å². The number of halogens is 1. The van der Waals surface area contributed by atoms with Crippen LogP contribution in [0.2, 0.25) is 5.02 Å². The second-order valence-corrected chi connectivity index (χ2v) is 6.50. The van der Waals surface area contributed by atoms with Gasteiger partial charge in [0.1, 0.15) is 11.5 Å². The summed E-state index contributed by atoms with van der Waals surface area (Å²) >= 11 is 5.73. The summed E-state index contributed by atoms with van der Waals surface area (Å²) in [5.74, 6) is 0.705. The molecule has 0 heterocycles. The molecular weight excluding hydrogens is 296 g/mol. The van der Waals surface area contributed by atoms with Crippen molar-refractivity contribution < 1.29 is 10.2 Å². The summed E-state index contributed by atoms with van der Waals surface area (Å²) < 4.78 is 0. The topological polar surface area (TPSA) is 40.5 Å². The number of para-hydroxylation sites is 1. The first-order chi connectivity index (χ1) is 10.2. The fourth-order valence-corrected chi connectivity index (χ4v) is 2.20. The third-order valence-corrected chi connectivity index (χ3v) is 4.49. The molecule has 0 saturated carbocycles. The van der Waals surface area contributed by atoms with Crippen LogP contribution >= 0.6 is 11.6 Å². The van der Waals surface area contributed by atoms with Crippen LogP contribution in [0, 0.1) is 13.8 Å². The van der Waals surface area contributed by atoms with Crippen LogP contribution in [0.15, 0.2) is 36.4 Å². The molecule has 0 unspecified atom stereocenters. The number of phenols is 2. The lowest BCUT2D eigenvalue weighted by molar-refractivity contribution is 0.429. The van der Waals surface area contributed by atoms with Crippen molar-refractivity contribution in [2.24, 2.45) is 0 Å². The van der Waals surface area contributed by atoms with Gasteiger partial charge < -0.3 is 10.2 Å². The Labute approximate surface area is 138 Å². The lowest BCUT2D eigenvalue weighted by Crippen LogP contribution is -2.15. The van der Waals surface area contributed by atoms with Gasteiger partial charge in [-0.15, -0.1) is 0 Å². The molecule has 0 atom stereocenters. The molecule has 0 radical (unpaired) electrons. The summed E-state index contributed by atoms with van der Waals surface area (Å²) in [6.45, 7) is 10.1. The van der Waals surface area contributed by atoms with E-state index < -0.39 is 0 Å². The monoisotopic (exact) mass is 320 g/mol. The van der Waals surface area contributed by atoms with Crippen molar-refractivity contribution in [3.63, 3.8) is 0 Å². The molecule has 3 heteroatoms. The van der Waals surface area contributed by atoms with E-state index in [1.165, 1.54) is 0 Å². The van der Waals surface area contributed by atoms with Gasteiger partial charge in [0.05, 0.1) is 0 Å². The van der Waals surface area contributed by atoms with Crippen LogP contribution in [0.25, 0.3) is 0 Å². The first kappa shape index (κ1) is 18.4. The van der Waals surface area contributed by atoms with Crippen LogP contribution in [0.1, 0.15) is 43.9 Å². The van der Waals surface area contributed by atoms with Gasteiger partial charge in [-0.1, -0.05) is 56.6 Å². The van der Waals surface area contributed by atoms with Gasteiger partial charge in [-0.25, -0.2) is 0 Å². The summed E-state index contributed by atoms with van der Waals surface area (Å²) in [5, 5.41) is 19.5. The highest BCUT2D eigenvalue weighted by atomic mass is 35.5. The minimum Gasteiger partial charge on any atom is -0.508 e. The van der Waals surface area contributed by atoms with Crippen LogP contribution in [-0.4, -0.2) is 10.2 Å². The summed E-state index contributed by atoms with van der Waals surface area (Å²) in [5.41, 5.74) is 2.72. The molecule has 2 aromatic carbocycles. The van der Waals surface area contributed by atoms with Gasteiger partial charge in [-0.2, -0.15) is 0 Å². The van der Waals surface area contributed by atoms with Gasteiger partial charge in [0.2, 0.25) is 0 Å². The van der Waals surface area contributed by atoms with Crippen LogP contribution in [0.4, 0.5) is 0 Å². The molecule has 120 valence electrons. The number of aryl methyl sites for hydroxylation is 1. The minimum absolute atomic E-state index is 0.0747. The van der Waals surface area contributed by atoms with E-state index >= 15 is 0 Å². The summed E-state index contributed by atoms with van der Waals surface area (Å²) in [7, 11) is 0. The van der Waals surface area contributed by atoms with Gasteiger partial charge >= 0.3 is 0 Å². The highest BCUT2D eigenvalue weighted by Gasteiger charge is 2.20. The maximum absolute atomic E-state index is 9.58. The smallest absolute Gasteiger partial charge is 0.122 e. The van der Waals surface area contributed by atoms with Gasteiger partial charge in [0.25, 0.3) is 0 Å². The maximum atomic E-state index is 9.58. The Morgan fingerprint density at radius 1 is 1.00 bits per heavy atom. The molecule has 2 N–H and O–H groups in total. The van der Waals surface area contributed by atoms with E-state index in [4.69, 9.17) is 11.6 Å². The van der Waals surface area contributed by atoms with Gasteiger partial charge in [0.15, 0.2) is 0 Å². The van der Waals surface area contributed by atoms with Crippen molar-refractivity contribution in [1.82, 2.24) is 0 Å². The molecule has 22 heavy (non-hydrogen) atoms. The van der Waals surface area contributed by atoms with Crippen LogP contribution < -0.4 is 0 Å². The molecule has 2 rings (SSSR count). The molecule has 0 amide bonds. The van der Waals surface area contributed by atoms with Crippen molar-refractivity contribution in [3.05, 3.63) is 58.1 Å². The second kappa shape index (κ2) is 7.55. The number of hydrogen-bond donors (Lipinski definition) is 2. The molecule has 0 fully saturated rings.